The SMILES string of the molecule is C=C(C)C(=O)OC(CCC)C(=O)OC(=O)Cc1ccccc1. The van der Waals surface area contributed by atoms with Crippen LogP contribution in [-0.2, 0) is 30.3 Å². The molecule has 0 saturated heterocycles. The van der Waals surface area contributed by atoms with Crippen molar-refractivity contribution >= 4 is 17.9 Å². The molecule has 5 nitrogen and oxygen atoms in total. The molecule has 0 aromatic heterocycles. The molecule has 1 unspecified atom stereocenters. The molecule has 1 aromatic carbocycles. The smallest absolute Gasteiger partial charge is 0.355 e. The summed E-state index contributed by atoms with van der Waals surface area (Å²) < 4.78 is 9.76. The van der Waals surface area contributed by atoms with Crippen molar-refractivity contribution in [1.29, 1.82) is 0 Å². The van der Waals surface area contributed by atoms with Crippen LogP contribution in [-0.4, -0.2) is 24.0 Å². The molecule has 0 aliphatic carbocycles. The molecule has 0 saturated carbocycles. The first-order chi connectivity index (χ1) is 10.4. The summed E-state index contributed by atoms with van der Waals surface area (Å²) in [5, 5.41) is 0. The quantitative estimate of drug-likeness (QED) is 0.440. The zero-order valence-electron chi connectivity index (χ0n) is 12.8. The van der Waals surface area contributed by atoms with E-state index in [2.05, 4.69) is 6.58 Å². The van der Waals surface area contributed by atoms with Gasteiger partial charge in [-0.15, -0.1) is 0 Å². The summed E-state index contributed by atoms with van der Waals surface area (Å²) in [6, 6.07) is 8.93. The number of hydrogen-bond donors (Lipinski definition) is 0. The molecule has 0 amide bonds. The van der Waals surface area contributed by atoms with Gasteiger partial charge in [0.25, 0.3) is 0 Å². The second-order valence-corrected chi connectivity index (χ2v) is 4.92. The van der Waals surface area contributed by atoms with Gasteiger partial charge in [-0.1, -0.05) is 50.3 Å². The molecule has 118 valence electrons. The highest BCUT2D eigenvalue weighted by atomic mass is 16.6. The molecule has 1 rings (SSSR count). The second kappa shape index (κ2) is 8.77. The Labute approximate surface area is 129 Å². The molecule has 5 heteroatoms. The Balaban J connectivity index is 2.60. The number of benzene rings is 1. The van der Waals surface area contributed by atoms with Gasteiger partial charge in [0.05, 0.1) is 6.42 Å². The third kappa shape index (κ3) is 5.91. The average Bonchev–Trinajstić information content (AvgIpc) is 2.47. The number of ether oxygens (including phenoxy) is 2. The van der Waals surface area contributed by atoms with Gasteiger partial charge in [-0.05, 0) is 18.9 Å². The summed E-state index contributed by atoms with van der Waals surface area (Å²) in [7, 11) is 0. The molecule has 22 heavy (non-hydrogen) atoms. The maximum atomic E-state index is 11.9. The van der Waals surface area contributed by atoms with E-state index in [4.69, 9.17) is 9.47 Å². The van der Waals surface area contributed by atoms with Crippen LogP contribution in [0.5, 0.6) is 0 Å². The maximum absolute atomic E-state index is 11.9. The molecule has 0 aliphatic heterocycles. The summed E-state index contributed by atoms with van der Waals surface area (Å²) in [6.45, 7) is 6.77. The molecule has 0 aliphatic rings. The number of rotatable bonds is 7. The van der Waals surface area contributed by atoms with E-state index in [1.54, 1.807) is 24.3 Å². The molecule has 0 radical (unpaired) electrons. The van der Waals surface area contributed by atoms with E-state index in [1.165, 1.54) is 6.92 Å². The van der Waals surface area contributed by atoms with Gasteiger partial charge in [0, 0.05) is 5.57 Å². The zero-order chi connectivity index (χ0) is 16.5. The van der Waals surface area contributed by atoms with Crippen molar-refractivity contribution in [2.24, 2.45) is 0 Å². The lowest BCUT2D eigenvalue weighted by Crippen LogP contribution is -2.31. The molecule has 0 bridgehead atoms. The summed E-state index contributed by atoms with van der Waals surface area (Å²) in [4.78, 5) is 35.2. The van der Waals surface area contributed by atoms with E-state index in [0.717, 1.165) is 5.56 Å². The van der Waals surface area contributed by atoms with Gasteiger partial charge in [-0.2, -0.15) is 0 Å². The topological polar surface area (TPSA) is 69.7 Å². The van der Waals surface area contributed by atoms with Gasteiger partial charge in [-0.3, -0.25) is 4.79 Å². The van der Waals surface area contributed by atoms with E-state index in [1.807, 2.05) is 13.0 Å². The molecule has 1 atom stereocenters. The molecule has 0 N–H and O–H groups in total. The first-order valence-electron chi connectivity index (χ1n) is 7.09. The van der Waals surface area contributed by atoms with E-state index in [9.17, 15) is 14.4 Å². The summed E-state index contributed by atoms with van der Waals surface area (Å²) in [5.74, 6) is -2.20. The van der Waals surface area contributed by atoms with Crippen LogP contribution in [0, 0.1) is 0 Å². The predicted octanol–water partition coefficient (Wildman–Crippen LogP) is 2.59. The number of carbonyl (C=O) groups is 3. The van der Waals surface area contributed by atoms with Crippen LogP contribution in [0.3, 0.4) is 0 Å². The van der Waals surface area contributed by atoms with Crippen molar-refractivity contribution in [1.82, 2.24) is 0 Å². The van der Waals surface area contributed by atoms with E-state index in [-0.39, 0.29) is 18.4 Å². The van der Waals surface area contributed by atoms with E-state index in [0.29, 0.717) is 6.42 Å². The fraction of sp³-hybridized carbons (Fsp3) is 0.353. The summed E-state index contributed by atoms with van der Waals surface area (Å²) >= 11 is 0. The van der Waals surface area contributed by atoms with Gasteiger partial charge in [0.15, 0.2) is 6.10 Å². The largest absolute Gasteiger partial charge is 0.447 e. The number of esters is 3. The standard InChI is InChI=1S/C17H20O5/c1-4-8-14(21-16(19)12(2)3)17(20)22-15(18)11-13-9-6-5-7-10-13/h5-7,9-10,14H,2,4,8,11H2,1,3H3. The minimum Gasteiger partial charge on any atom is -0.447 e. The Morgan fingerprint density at radius 2 is 1.82 bits per heavy atom. The maximum Gasteiger partial charge on any atom is 0.355 e. The van der Waals surface area contributed by atoms with Gasteiger partial charge < -0.3 is 9.47 Å². The van der Waals surface area contributed by atoms with Crippen LogP contribution in [0.2, 0.25) is 0 Å². The Morgan fingerprint density at radius 3 is 2.36 bits per heavy atom. The lowest BCUT2D eigenvalue weighted by molar-refractivity contribution is -0.172. The zero-order valence-corrected chi connectivity index (χ0v) is 12.8. The monoisotopic (exact) mass is 304 g/mol. The van der Waals surface area contributed by atoms with Crippen molar-refractivity contribution in [2.45, 2.75) is 39.2 Å². The van der Waals surface area contributed by atoms with Gasteiger partial charge in [0.2, 0.25) is 0 Å². The fourth-order valence-electron chi connectivity index (χ4n) is 1.69. The van der Waals surface area contributed by atoms with Crippen LogP contribution in [0.4, 0.5) is 0 Å². The lowest BCUT2D eigenvalue weighted by atomic mass is 10.1. The minimum absolute atomic E-state index is 0.0140. The predicted molar refractivity (Wildman–Crippen MR) is 80.8 cm³/mol. The van der Waals surface area contributed by atoms with Crippen molar-refractivity contribution in [3.63, 3.8) is 0 Å². The van der Waals surface area contributed by atoms with Crippen molar-refractivity contribution in [2.75, 3.05) is 0 Å². The van der Waals surface area contributed by atoms with Crippen LogP contribution >= 0.6 is 0 Å². The van der Waals surface area contributed by atoms with Gasteiger partial charge in [0.1, 0.15) is 0 Å². The lowest BCUT2D eigenvalue weighted by Gasteiger charge is -2.15. The van der Waals surface area contributed by atoms with E-state index >= 15 is 0 Å². The Bertz CT molecular complexity index is 547. The minimum atomic E-state index is -1.09. The normalized spacial score (nSPS) is 11.4. The first-order valence-corrected chi connectivity index (χ1v) is 7.09. The molecular weight excluding hydrogens is 284 g/mol. The highest BCUT2D eigenvalue weighted by Gasteiger charge is 2.26. The number of carbonyl (C=O) groups excluding carboxylic acids is 3. The summed E-state index contributed by atoms with van der Waals surface area (Å²) in [6.07, 6.45) is -0.208. The van der Waals surface area contributed by atoms with Crippen molar-refractivity contribution < 1.29 is 23.9 Å². The van der Waals surface area contributed by atoms with Crippen LogP contribution < -0.4 is 0 Å². The Kier molecular flexibility index (Phi) is 7.02. The van der Waals surface area contributed by atoms with Gasteiger partial charge in [-0.25, -0.2) is 9.59 Å². The number of hydrogen-bond acceptors (Lipinski definition) is 5. The Hall–Kier alpha value is -2.43. The molecule has 0 spiro atoms. The third-order valence-corrected chi connectivity index (χ3v) is 2.82. The molecule has 0 fully saturated rings. The fourth-order valence-corrected chi connectivity index (χ4v) is 1.69. The third-order valence-electron chi connectivity index (χ3n) is 2.82. The van der Waals surface area contributed by atoms with E-state index < -0.39 is 24.0 Å². The average molecular weight is 304 g/mol. The van der Waals surface area contributed by atoms with Crippen LogP contribution in [0.25, 0.3) is 0 Å². The molecule has 1 aromatic rings. The molecular formula is C17H20O5. The second-order valence-electron chi connectivity index (χ2n) is 4.92. The van der Waals surface area contributed by atoms with Crippen LogP contribution in [0.1, 0.15) is 32.3 Å². The summed E-state index contributed by atoms with van der Waals surface area (Å²) in [5.41, 5.74) is 0.927. The van der Waals surface area contributed by atoms with Crippen LogP contribution in [0.15, 0.2) is 42.5 Å². The highest BCUT2D eigenvalue weighted by molar-refractivity contribution is 5.92. The highest BCUT2D eigenvalue weighted by Crippen LogP contribution is 2.09. The van der Waals surface area contributed by atoms with Gasteiger partial charge >= 0.3 is 17.9 Å². The Morgan fingerprint density at radius 1 is 1.18 bits per heavy atom. The first kappa shape index (κ1) is 17.6. The molecule has 0 heterocycles. The van der Waals surface area contributed by atoms with Crippen molar-refractivity contribution in [3.8, 4) is 0 Å². The van der Waals surface area contributed by atoms with Crippen molar-refractivity contribution in [3.05, 3.63) is 48.0 Å².